The molecule has 1 unspecified atom stereocenters. The van der Waals surface area contributed by atoms with Crippen molar-refractivity contribution in [3.63, 3.8) is 0 Å². The Labute approximate surface area is 132 Å². The van der Waals surface area contributed by atoms with Crippen molar-refractivity contribution in [2.24, 2.45) is 0 Å². The largest absolute Gasteiger partial charge is 0.492 e. The van der Waals surface area contributed by atoms with Crippen LogP contribution in [0.4, 0.5) is 0 Å². The summed E-state index contributed by atoms with van der Waals surface area (Å²) in [5.74, 6) is 0.902. The maximum atomic E-state index is 13.0. The second-order valence-corrected chi connectivity index (χ2v) is 6.53. The molecule has 2 aliphatic rings. The minimum atomic E-state index is -0.163. The van der Waals surface area contributed by atoms with Gasteiger partial charge in [-0.2, -0.15) is 0 Å². The van der Waals surface area contributed by atoms with Crippen molar-refractivity contribution in [3.8, 4) is 5.75 Å². The van der Waals surface area contributed by atoms with E-state index in [2.05, 4.69) is 19.9 Å². The van der Waals surface area contributed by atoms with Gasteiger partial charge < -0.3 is 14.7 Å². The van der Waals surface area contributed by atoms with E-state index in [4.69, 9.17) is 9.84 Å². The van der Waals surface area contributed by atoms with Crippen LogP contribution in [-0.4, -0.2) is 41.7 Å². The minimum Gasteiger partial charge on any atom is -0.492 e. The van der Waals surface area contributed by atoms with Crippen LogP contribution in [0.3, 0.4) is 0 Å². The summed E-state index contributed by atoms with van der Waals surface area (Å²) in [5, 5.41) is 8.95. The molecule has 1 fully saturated rings. The van der Waals surface area contributed by atoms with E-state index in [1.807, 2.05) is 11.0 Å². The van der Waals surface area contributed by atoms with E-state index in [1.54, 1.807) is 0 Å². The molecule has 0 saturated heterocycles. The van der Waals surface area contributed by atoms with Crippen LogP contribution in [-0.2, 0) is 4.79 Å². The van der Waals surface area contributed by atoms with Gasteiger partial charge in [0.25, 0.3) is 0 Å². The second kappa shape index (κ2) is 6.29. The van der Waals surface area contributed by atoms with E-state index in [1.165, 1.54) is 11.1 Å². The topological polar surface area (TPSA) is 49.8 Å². The molecular formula is C18H25NO3. The first-order valence-corrected chi connectivity index (χ1v) is 8.27. The van der Waals surface area contributed by atoms with Crippen LogP contribution in [0.25, 0.3) is 0 Å². The van der Waals surface area contributed by atoms with Crippen molar-refractivity contribution >= 4 is 5.91 Å². The highest BCUT2D eigenvalue weighted by Gasteiger charge is 2.39. The number of amides is 1. The third-order valence-corrected chi connectivity index (χ3v) is 4.78. The summed E-state index contributed by atoms with van der Waals surface area (Å²) in [7, 11) is 0. The molecule has 1 aliphatic heterocycles. The molecule has 1 atom stereocenters. The van der Waals surface area contributed by atoms with Gasteiger partial charge in [-0.25, -0.2) is 0 Å². The van der Waals surface area contributed by atoms with Crippen molar-refractivity contribution < 1.29 is 14.6 Å². The van der Waals surface area contributed by atoms with Crippen LogP contribution in [0.15, 0.2) is 12.1 Å². The number of aliphatic hydroxyl groups is 1. The number of benzene rings is 1. The van der Waals surface area contributed by atoms with Crippen molar-refractivity contribution in [1.29, 1.82) is 0 Å². The first kappa shape index (κ1) is 15.3. The number of aryl methyl sites for hydroxylation is 2. The van der Waals surface area contributed by atoms with E-state index in [0.29, 0.717) is 12.6 Å². The molecule has 1 aromatic rings. The normalized spacial score (nSPS) is 19.7. The zero-order valence-electron chi connectivity index (χ0n) is 13.5. The lowest BCUT2D eigenvalue weighted by molar-refractivity contribution is -0.133. The van der Waals surface area contributed by atoms with Crippen LogP contribution < -0.4 is 4.74 Å². The average Bonchev–Trinajstić information content (AvgIpc) is 3.25. The lowest BCUT2D eigenvalue weighted by atomic mass is 9.95. The van der Waals surface area contributed by atoms with Crippen molar-refractivity contribution in [2.75, 3.05) is 19.8 Å². The summed E-state index contributed by atoms with van der Waals surface area (Å²) in [6, 6.07) is 4.56. The van der Waals surface area contributed by atoms with Crippen LogP contribution in [0.1, 0.15) is 48.3 Å². The van der Waals surface area contributed by atoms with Gasteiger partial charge in [0.1, 0.15) is 18.3 Å². The smallest absolute Gasteiger partial charge is 0.233 e. The summed E-state index contributed by atoms with van der Waals surface area (Å²) in [4.78, 5) is 15.0. The molecule has 22 heavy (non-hydrogen) atoms. The average molecular weight is 303 g/mol. The fourth-order valence-corrected chi connectivity index (χ4v) is 3.13. The van der Waals surface area contributed by atoms with Crippen molar-refractivity contribution in [3.05, 3.63) is 28.8 Å². The number of rotatable bonds is 6. The number of nitrogens with zero attached hydrogens (tertiary/aromatic N) is 1. The molecule has 4 heteroatoms. The van der Waals surface area contributed by atoms with Gasteiger partial charge in [0.2, 0.25) is 5.91 Å². The van der Waals surface area contributed by atoms with Gasteiger partial charge in [-0.1, -0.05) is 6.07 Å². The van der Waals surface area contributed by atoms with E-state index < -0.39 is 0 Å². The summed E-state index contributed by atoms with van der Waals surface area (Å²) < 4.78 is 5.76. The molecule has 1 aliphatic carbocycles. The first-order chi connectivity index (χ1) is 10.6. The Kier molecular flexibility index (Phi) is 4.39. The monoisotopic (exact) mass is 303 g/mol. The van der Waals surface area contributed by atoms with E-state index in [-0.39, 0.29) is 18.4 Å². The van der Waals surface area contributed by atoms with Gasteiger partial charge in [-0.15, -0.1) is 0 Å². The van der Waals surface area contributed by atoms with Gasteiger partial charge in [0.05, 0.1) is 0 Å². The van der Waals surface area contributed by atoms with Crippen LogP contribution in [0.2, 0.25) is 0 Å². The summed E-state index contributed by atoms with van der Waals surface area (Å²) in [5.41, 5.74) is 3.45. The highest BCUT2D eigenvalue weighted by Crippen LogP contribution is 2.39. The van der Waals surface area contributed by atoms with Gasteiger partial charge in [0, 0.05) is 24.8 Å². The van der Waals surface area contributed by atoms with Crippen LogP contribution >= 0.6 is 0 Å². The van der Waals surface area contributed by atoms with Crippen molar-refractivity contribution in [2.45, 2.75) is 51.5 Å². The lowest BCUT2D eigenvalue weighted by Gasteiger charge is -2.25. The molecule has 1 heterocycles. The van der Waals surface area contributed by atoms with Gasteiger partial charge >= 0.3 is 0 Å². The Morgan fingerprint density at radius 3 is 2.68 bits per heavy atom. The molecular weight excluding hydrogens is 278 g/mol. The molecule has 1 amide bonds. The summed E-state index contributed by atoms with van der Waals surface area (Å²) >= 11 is 0. The highest BCUT2D eigenvalue weighted by molar-refractivity contribution is 5.86. The predicted molar refractivity (Wildman–Crippen MR) is 85.2 cm³/mol. The Morgan fingerprint density at radius 2 is 2.00 bits per heavy atom. The van der Waals surface area contributed by atoms with Crippen molar-refractivity contribution in [1.82, 2.24) is 4.90 Å². The molecule has 3 rings (SSSR count). The van der Waals surface area contributed by atoms with Gasteiger partial charge in [0.15, 0.2) is 0 Å². The molecule has 1 aromatic carbocycles. The number of hydrogen-bond acceptors (Lipinski definition) is 3. The predicted octanol–water partition coefficient (Wildman–Crippen LogP) is 2.54. The zero-order valence-corrected chi connectivity index (χ0v) is 13.5. The van der Waals surface area contributed by atoms with Gasteiger partial charge in [-0.3, -0.25) is 4.79 Å². The molecule has 0 spiro atoms. The highest BCUT2D eigenvalue weighted by atomic mass is 16.5. The molecule has 0 bridgehead atoms. The fourth-order valence-electron chi connectivity index (χ4n) is 3.13. The Balaban J connectivity index is 1.76. The van der Waals surface area contributed by atoms with E-state index >= 15 is 0 Å². The number of carbonyl (C=O) groups is 1. The SMILES string of the molecule is Cc1cc2c(cc1C)C(C(=O)N(CCCCO)C1CC1)CO2. The van der Waals surface area contributed by atoms with Gasteiger partial charge in [-0.05, 0) is 56.7 Å². The number of fused-ring (bicyclic) bond motifs is 1. The van der Waals surface area contributed by atoms with E-state index in [0.717, 1.165) is 43.5 Å². The van der Waals surface area contributed by atoms with Crippen LogP contribution in [0, 0.1) is 13.8 Å². The standard InChI is InChI=1S/C18H25NO3/c1-12-9-15-16(11-22-17(15)10-13(12)2)18(21)19(14-5-6-14)7-3-4-8-20/h9-10,14,16,20H,3-8,11H2,1-2H3. The Bertz CT molecular complexity index is 566. The number of unbranched alkanes of at least 4 members (excludes halogenated alkanes) is 1. The third-order valence-electron chi connectivity index (χ3n) is 4.78. The molecule has 0 aromatic heterocycles. The summed E-state index contributed by atoms with van der Waals surface area (Å²) in [6.45, 7) is 5.55. The molecule has 1 saturated carbocycles. The maximum absolute atomic E-state index is 13.0. The zero-order chi connectivity index (χ0) is 15.7. The molecule has 1 N–H and O–H groups in total. The molecule has 120 valence electrons. The molecule has 0 radical (unpaired) electrons. The number of carbonyl (C=O) groups excluding carboxylic acids is 1. The fraction of sp³-hybridized carbons (Fsp3) is 0.611. The number of ether oxygens (including phenoxy) is 1. The number of aliphatic hydroxyl groups excluding tert-OH is 1. The quantitative estimate of drug-likeness (QED) is 0.822. The first-order valence-electron chi connectivity index (χ1n) is 8.27. The number of hydrogen-bond donors (Lipinski definition) is 1. The molecule has 4 nitrogen and oxygen atoms in total. The third kappa shape index (κ3) is 2.98. The minimum absolute atomic E-state index is 0.163. The van der Waals surface area contributed by atoms with E-state index in [9.17, 15) is 4.79 Å². The lowest BCUT2D eigenvalue weighted by Crippen LogP contribution is -2.38. The second-order valence-electron chi connectivity index (χ2n) is 6.53. The van der Waals surface area contributed by atoms with Crippen LogP contribution in [0.5, 0.6) is 5.75 Å². The summed E-state index contributed by atoms with van der Waals surface area (Å²) in [6.07, 6.45) is 3.84. The Hall–Kier alpha value is -1.55. The Morgan fingerprint density at radius 1 is 1.27 bits per heavy atom. The maximum Gasteiger partial charge on any atom is 0.233 e.